The third-order valence-electron chi connectivity index (χ3n) is 6.29. The zero-order chi connectivity index (χ0) is 21.2. The SMILES string of the molecule is C=c1c(-c2cc3c(-c4cccnc4)cccc3[nH]2)n[nH]/c1=C/C=C(\C)C1CCNCC1. The van der Waals surface area contributed by atoms with Gasteiger partial charge in [-0.2, -0.15) is 5.10 Å². The maximum absolute atomic E-state index is 4.57. The molecular weight excluding hydrogens is 382 g/mol. The third kappa shape index (κ3) is 3.84. The molecule has 0 amide bonds. The van der Waals surface area contributed by atoms with Crippen LogP contribution in [0.5, 0.6) is 0 Å². The first kappa shape index (κ1) is 19.5. The Bertz CT molecular complexity index is 1340. The summed E-state index contributed by atoms with van der Waals surface area (Å²) in [5, 5.41) is 14.2. The zero-order valence-corrected chi connectivity index (χ0v) is 17.8. The van der Waals surface area contributed by atoms with Gasteiger partial charge in [0.15, 0.2) is 0 Å². The van der Waals surface area contributed by atoms with E-state index in [2.05, 4.69) is 81.5 Å². The van der Waals surface area contributed by atoms with E-state index in [1.165, 1.54) is 18.4 Å². The number of hydrogen-bond donors (Lipinski definition) is 3. The van der Waals surface area contributed by atoms with Crippen molar-refractivity contribution in [1.29, 1.82) is 0 Å². The molecule has 3 aromatic heterocycles. The number of aromatic amines is 2. The van der Waals surface area contributed by atoms with E-state index in [0.717, 1.165) is 57.1 Å². The first-order valence-electron chi connectivity index (χ1n) is 10.9. The first-order chi connectivity index (χ1) is 15.2. The molecule has 3 N–H and O–H groups in total. The van der Waals surface area contributed by atoms with E-state index < -0.39 is 0 Å². The summed E-state index contributed by atoms with van der Waals surface area (Å²) in [5.41, 5.74) is 6.57. The van der Waals surface area contributed by atoms with Crippen molar-refractivity contribution in [3.63, 3.8) is 0 Å². The molecule has 0 unspecified atom stereocenters. The molecule has 0 aliphatic carbocycles. The third-order valence-corrected chi connectivity index (χ3v) is 6.29. The van der Waals surface area contributed by atoms with Gasteiger partial charge in [-0.05, 0) is 68.6 Å². The summed E-state index contributed by atoms with van der Waals surface area (Å²) in [5.74, 6) is 0.660. The van der Waals surface area contributed by atoms with Gasteiger partial charge in [0.05, 0.1) is 11.0 Å². The topological polar surface area (TPSA) is 69.4 Å². The van der Waals surface area contributed by atoms with E-state index in [1.807, 2.05) is 12.3 Å². The smallest absolute Gasteiger partial charge is 0.116 e. The summed E-state index contributed by atoms with van der Waals surface area (Å²) in [6, 6.07) is 12.5. The predicted octanol–water partition coefficient (Wildman–Crippen LogP) is 3.76. The number of nitrogens with zero attached hydrogens (tertiary/aromatic N) is 2. The first-order valence-corrected chi connectivity index (χ1v) is 10.9. The number of nitrogens with one attached hydrogen (secondary N) is 3. The Hall–Kier alpha value is -3.44. The molecular formula is C26H27N5. The number of aromatic nitrogens is 4. The van der Waals surface area contributed by atoms with Crippen molar-refractivity contribution in [2.45, 2.75) is 19.8 Å². The van der Waals surface area contributed by atoms with Crippen LogP contribution in [0.15, 0.2) is 60.4 Å². The molecule has 5 nitrogen and oxygen atoms in total. The van der Waals surface area contributed by atoms with Gasteiger partial charge in [-0.25, -0.2) is 0 Å². The molecule has 156 valence electrons. The van der Waals surface area contributed by atoms with Crippen LogP contribution < -0.4 is 15.9 Å². The zero-order valence-electron chi connectivity index (χ0n) is 17.8. The molecule has 0 radical (unpaired) electrons. The summed E-state index contributed by atoms with van der Waals surface area (Å²) in [6.07, 6.45) is 10.4. The lowest BCUT2D eigenvalue weighted by atomic mass is 9.91. The highest BCUT2D eigenvalue weighted by Crippen LogP contribution is 2.30. The van der Waals surface area contributed by atoms with E-state index in [-0.39, 0.29) is 0 Å². The quantitative estimate of drug-likeness (QED) is 0.481. The van der Waals surface area contributed by atoms with Crippen molar-refractivity contribution in [1.82, 2.24) is 25.5 Å². The summed E-state index contributed by atoms with van der Waals surface area (Å²) >= 11 is 0. The Morgan fingerprint density at radius 3 is 2.84 bits per heavy atom. The number of allylic oxidation sites excluding steroid dienone is 2. The number of pyridine rings is 1. The summed E-state index contributed by atoms with van der Waals surface area (Å²) in [4.78, 5) is 7.78. The monoisotopic (exact) mass is 409 g/mol. The fourth-order valence-electron chi connectivity index (χ4n) is 4.42. The van der Waals surface area contributed by atoms with Crippen LogP contribution in [0.3, 0.4) is 0 Å². The van der Waals surface area contributed by atoms with Crippen molar-refractivity contribution in [2.75, 3.05) is 13.1 Å². The highest BCUT2D eigenvalue weighted by Gasteiger charge is 2.14. The van der Waals surface area contributed by atoms with Gasteiger partial charge in [-0.3, -0.25) is 10.1 Å². The predicted molar refractivity (Wildman–Crippen MR) is 128 cm³/mol. The van der Waals surface area contributed by atoms with Gasteiger partial charge in [0.25, 0.3) is 0 Å². The minimum atomic E-state index is 0.660. The van der Waals surface area contributed by atoms with Crippen LogP contribution >= 0.6 is 0 Å². The van der Waals surface area contributed by atoms with Crippen molar-refractivity contribution < 1.29 is 0 Å². The van der Waals surface area contributed by atoms with Gasteiger partial charge >= 0.3 is 0 Å². The molecule has 5 rings (SSSR count). The fourth-order valence-corrected chi connectivity index (χ4v) is 4.42. The van der Waals surface area contributed by atoms with E-state index in [9.17, 15) is 0 Å². The normalized spacial score (nSPS) is 16.3. The summed E-state index contributed by atoms with van der Waals surface area (Å²) in [6.45, 7) is 8.74. The molecule has 0 atom stereocenters. The highest BCUT2D eigenvalue weighted by atomic mass is 15.1. The van der Waals surface area contributed by atoms with Crippen molar-refractivity contribution in [2.24, 2.45) is 5.92 Å². The number of hydrogen-bond acceptors (Lipinski definition) is 3. The summed E-state index contributed by atoms with van der Waals surface area (Å²) < 4.78 is 0. The van der Waals surface area contributed by atoms with Crippen molar-refractivity contribution in [3.05, 3.63) is 71.0 Å². The van der Waals surface area contributed by atoms with Crippen LogP contribution in [0.4, 0.5) is 0 Å². The molecule has 0 saturated carbocycles. The Morgan fingerprint density at radius 2 is 2.03 bits per heavy atom. The standard InChI is InChI=1S/C26H27N5/c1-17(19-10-13-27-14-11-19)8-9-23-18(2)26(31-30-23)25-15-22-21(6-3-7-24(22)29-25)20-5-4-12-28-16-20/h3-9,12,15-16,19,27,29-30H,2,10-11,13-14H2,1H3/b17-8+,23-9+. The summed E-state index contributed by atoms with van der Waals surface area (Å²) in [7, 11) is 0. The van der Waals surface area contributed by atoms with Crippen molar-refractivity contribution >= 4 is 23.6 Å². The van der Waals surface area contributed by atoms with Crippen LogP contribution in [0.2, 0.25) is 0 Å². The Morgan fingerprint density at radius 1 is 1.16 bits per heavy atom. The molecule has 4 aromatic rings. The molecule has 1 fully saturated rings. The van der Waals surface area contributed by atoms with Crippen molar-refractivity contribution in [3.8, 4) is 22.5 Å². The van der Waals surface area contributed by atoms with Gasteiger partial charge in [-0.1, -0.05) is 36.4 Å². The van der Waals surface area contributed by atoms with Crippen LogP contribution in [-0.4, -0.2) is 33.3 Å². The number of benzene rings is 1. The highest BCUT2D eigenvalue weighted by molar-refractivity contribution is 5.97. The largest absolute Gasteiger partial charge is 0.353 e. The van der Waals surface area contributed by atoms with Crippen LogP contribution in [0, 0.1) is 5.92 Å². The maximum atomic E-state index is 4.57. The number of rotatable bonds is 4. The minimum Gasteiger partial charge on any atom is -0.353 e. The van der Waals surface area contributed by atoms with Gasteiger partial charge in [0, 0.05) is 34.1 Å². The molecule has 0 bridgehead atoms. The van der Waals surface area contributed by atoms with Gasteiger partial charge < -0.3 is 10.3 Å². The van der Waals surface area contributed by atoms with Gasteiger partial charge in [0.1, 0.15) is 5.69 Å². The number of H-pyrrole nitrogens is 2. The molecule has 31 heavy (non-hydrogen) atoms. The molecule has 5 heteroatoms. The Labute approximate surface area is 181 Å². The lowest BCUT2D eigenvalue weighted by Crippen LogP contribution is -2.28. The number of piperidine rings is 1. The molecule has 0 spiro atoms. The average molecular weight is 410 g/mol. The fraction of sp³-hybridized carbons (Fsp3) is 0.231. The molecule has 1 aliphatic heterocycles. The Kier molecular flexibility index (Phi) is 5.26. The van der Waals surface area contributed by atoms with Gasteiger partial charge in [-0.15, -0.1) is 0 Å². The van der Waals surface area contributed by atoms with E-state index in [0.29, 0.717) is 5.92 Å². The maximum Gasteiger partial charge on any atom is 0.116 e. The van der Waals surface area contributed by atoms with E-state index in [1.54, 1.807) is 6.20 Å². The minimum absolute atomic E-state index is 0.660. The second-order valence-electron chi connectivity index (χ2n) is 8.26. The molecule has 1 aromatic carbocycles. The average Bonchev–Trinajstić information content (AvgIpc) is 3.41. The van der Waals surface area contributed by atoms with E-state index in [4.69, 9.17) is 0 Å². The van der Waals surface area contributed by atoms with Crippen LogP contribution in [0.25, 0.3) is 46.1 Å². The second kappa shape index (κ2) is 8.36. The van der Waals surface area contributed by atoms with Crippen LogP contribution in [-0.2, 0) is 0 Å². The lowest BCUT2D eigenvalue weighted by Gasteiger charge is -2.23. The lowest BCUT2D eigenvalue weighted by molar-refractivity contribution is 0.420. The molecule has 1 aliphatic rings. The second-order valence-corrected chi connectivity index (χ2v) is 8.26. The van der Waals surface area contributed by atoms with E-state index >= 15 is 0 Å². The molecule has 1 saturated heterocycles. The number of fused-ring (bicyclic) bond motifs is 1. The van der Waals surface area contributed by atoms with Crippen LogP contribution in [0.1, 0.15) is 19.8 Å². The molecule has 4 heterocycles. The van der Waals surface area contributed by atoms with Gasteiger partial charge in [0.2, 0.25) is 0 Å². The Balaban J connectivity index is 1.50.